The van der Waals surface area contributed by atoms with Gasteiger partial charge in [0.15, 0.2) is 0 Å². The zero-order valence-electron chi connectivity index (χ0n) is 9.71. The monoisotopic (exact) mass is 331 g/mol. The van der Waals surface area contributed by atoms with E-state index in [1.807, 2.05) is 19.1 Å². The summed E-state index contributed by atoms with van der Waals surface area (Å²) in [5, 5.41) is 3.18. The molecule has 96 valence electrons. The normalized spacial score (nSPS) is 12.7. The topological polar surface area (TPSA) is 12.0 Å². The molecule has 1 atom stereocenters. The van der Waals surface area contributed by atoms with Gasteiger partial charge in [0.1, 0.15) is 11.6 Å². The fraction of sp³-hybridized carbons (Fsp3) is 0.231. The number of benzene rings is 1. The van der Waals surface area contributed by atoms with Crippen molar-refractivity contribution < 1.29 is 8.78 Å². The molecular weight excluding hydrogens is 320 g/mol. The number of hydrogen-bond acceptors (Lipinski definition) is 2. The van der Waals surface area contributed by atoms with E-state index in [0.717, 1.165) is 20.8 Å². The lowest BCUT2D eigenvalue weighted by Crippen LogP contribution is -2.22. The Labute approximate surface area is 117 Å². The van der Waals surface area contributed by atoms with Crippen molar-refractivity contribution in [1.82, 2.24) is 5.32 Å². The average molecular weight is 332 g/mol. The van der Waals surface area contributed by atoms with Gasteiger partial charge in [-0.3, -0.25) is 0 Å². The first-order valence-electron chi connectivity index (χ1n) is 5.55. The molecule has 0 saturated carbocycles. The quantitative estimate of drug-likeness (QED) is 0.870. The second kappa shape index (κ2) is 5.91. The largest absolute Gasteiger partial charge is 0.306 e. The van der Waals surface area contributed by atoms with Gasteiger partial charge in [0.2, 0.25) is 0 Å². The van der Waals surface area contributed by atoms with Gasteiger partial charge in [-0.05, 0) is 52.8 Å². The lowest BCUT2D eigenvalue weighted by atomic mass is 10.0. The smallest absolute Gasteiger partial charge is 0.128 e. The molecule has 1 heterocycles. The molecule has 18 heavy (non-hydrogen) atoms. The SMILES string of the molecule is CCNC(c1ccc(Br)s1)c1cc(F)ccc1F. The van der Waals surface area contributed by atoms with Gasteiger partial charge < -0.3 is 5.32 Å². The number of thiophene rings is 1. The highest BCUT2D eigenvalue weighted by Crippen LogP contribution is 2.32. The highest BCUT2D eigenvalue weighted by molar-refractivity contribution is 9.11. The average Bonchev–Trinajstić information content (AvgIpc) is 2.76. The van der Waals surface area contributed by atoms with Crippen molar-refractivity contribution in [2.24, 2.45) is 0 Å². The minimum absolute atomic E-state index is 0.318. The van der Waals surface area contributed by atoms with Gasteiger partial charge in [-0.15, -0.1) is 11.3 Å². The number of hydrogen-bond donors (Lipinski definition) is 1. The second-order valence-electron chi connectivity index (χ2n) is 3.80. The van der Waals surface area contributed by atoms with Crippen molar-refractivity contribution in [1.29, 1.82) is 0 Å². The standard InChI is InChI=1S/C13H12BrF2NS/c1-2-17-13(11-5-6-12(14)18-11)9-7-8(15)3-4-10(9)16/h3-7,13,17H,2H2,1H3. The van der Waals surface area contributed by atoms with Crippen molar-refractivity contribution >= 4 is 27.3 Å². The molecule has 0 aliphatic carbocycles. The summed E-state index contributed by atoms with van der Waals surface area (Å²) in [4.78, 5) is 0.952. The summed E-state index contributed by atoms with van der Waals surface area (Å²) < 4.78 is 28.1. The van der Waals surface area contributed by atoms with Crippen LogP contribution in [0.25, 0.3) is 0 Å². The number of rotatable bonds is 4. The van der Waals surface area contributed by atoms with Crippen LogP contribution >= 0.6 is 27.3 Å². The first-order valence-corrected chi connectivity index (χ1v) is 7.16. The van der Waals surface area contributed by atoms with Gasteiger partial charge in [0, 0.05) is 10.4 Å². The number of nitrogens with one attached hydrogen (secondary N) is 1. The van der Waals surface area contributed by atoms with Crippen molar-refractivity contribution in [3.8, 4) is 0 Å². The Morgan fingerprint density at radius 1 is 1.28 bits per heavy atom. The van der Waals surface area contributed by atoms with Crippen LogP contribution in [0.15, 0.2) is 34.1 Å². The van der Waals surface area contributed by atoms with Crippen molar-refractivity contribution in [2.75, 3.05) is 6.54 Å². The van der Waals surface area contributed by atoms with Gasteiger partial charge in [-0.25, -0.2) is 8.78 Å². The van der Waals surface area contributed by atoms with Crippen LogP contribution in [-0.4, -0.2) is 6.54 Å². The molecule has 2 aromatic rings. The summed E-state index contributed by atoms with van der Waals surface area (Å²) in [5.41, 5.74) is 0.339. The fourth-order valence-electron chi connectivity index (χ4n) is 1.79. The minimum Gasteiger partial charge on any atom is -0.306 e. The van der Waals surface area contributed by atoms with Crippen molar-refractivity contribution in [3.05, 3.63) is 56.2 Å². The van der Waals surface area contributed by atoms with E-state index in [0.29, 0.717) is 12.1 Å². The lowest BCUT2D eigenvalue weighted by molar-refractivity contribution is 0.548. The molecule has 2 rings (SSSR count). The van der Waals surface area contributed by atoms with E-state index in [1.165, 1.54) is 17.4 Å². The summed E-state index contributed by atoms with van der Waals surface area (Å²) in [7, 11) is 0. The number of halogens is 3. The zero-order chi connectivity index (χ0) is 13.1. The van der Waals surface area contributed by atoms with E-state index >= 15 is 0 Å². The van der Waals surface area contributed by atoms with Gasteiger partial charge in [0.05, 0.1) is 9.83 Å². The third-order valence-corrected chi connectivity index (χ3v) is 4.24. The van der Waals surface area contributed by atoms with E-state index in [2.05, 4.69) is 21.2 Å². The molecule has 0 aliphatic heterocycles. The second-order valence-corrected chi connectivity index (χ2v) is 6.29. The third kappa shape index (κ3) is 2.96. The predicted molar refractivity (Wildman–Crippen MR) is 73.9 cm³/mol. The summed E-state index contributed by atoms with van der Waals surface area (Å²) in [6, 6.07) is 7.04. The highest BCUT2D eigenvalue weighted by atomic mass is 79.9. The van der Waals surface area contributed by atoms with Crippen molar-refractivity contribution in [2.45, 2.75) is 13.0 Å². The highest BCUT2D eigenvalue weighted by Gasteiger charge is 2.19. The van der Waals surface area contributed by atoms with E-state index in [4.69, 9.17) is 0 Å². The molecule has 0 saturated heterocycles. The van der Waals surface area contributed by atoms with E-state index < -0.39 is 11.6 Å². The molecule has 1 N–H and O–H groups in total. The first-order chi connectivity index (χ1) is 8.61. The van der Waals surface area contributed by atoms with Crippen LogP contribution in [-0.2, 0) is 0 Å². The van der Waals surface area contributed by atoms with Gasteiger partial charge in [-0.1, -0.05) is 6.92 Å². The Morgan fingerprint density at radius 3 is 2.67 bits per heavy atom. The maximum atomic E-state index is 13.8. The molecule has 0 spiro atoms. The Balaban J connectivity index is 2.44. The van der Waals surface area contributed by atoms with E-state index in [9.17, 15) is 8.78 Å². The minimum atomic E-state index is -0.426. The molecule has 1 unspecified atom stereocenters. The Kier molecular flexibility index (Phi) is 4.48. The van der Waals surface area contributed by atoms with E-state index in [-0.39, 0.29) is 6.04 Å². The molecule has 0 bridgehead atoms. The maximum absolute atomic E-state index is 13.8. The summed E-state index contributed by atoms with van der Waals surface area (Å²) in [6.07, 6.45) is 0. The third-order valence-electron chi connectivity index (χ3n) is 2.56. The van der Waals surface area contributed by atoms with Gasteiger partial charge in [0.25, 0.3) is 0 Å². The first kappa shape index (κ1) is 13.6. The Hall–Kier alpha value is -0.780. The molecule has 0 amide bonds. The summed E-state index contributed by atoms with van der Waals surface area (Å²) in [6.45, 7) is 2.61. The van der Waals surface area contributed by atoms with E-state index in [1.54, 1.807) is 0 Å². The lowest BCUT2D eigenvalue weighted by Gasteiger charge is -2.17. The van der Waals surface area contributed by atoms with Crippen LogP contribution in [0.2, 0.25) is 0 Å². The molecular formula is C13H12BrF2NS. The van der Waals surface area contributed by atoms with Gasteiger partial charge >= 0.3 is 0 Å². The van der Waals surface area contributed by atoms with Crippen LogP contribution in [0.1, 0.15) is 23.4 Å². The Bertz CT molecular complexity index is 542. The zero-order valence-corrected chi connectivity index (χ0v) is 12.1. The molecule has 1 nitrogen and oxygen atoms in total. The van der Waals surface area contributed by atoms with Crippen LogP contribution in [0.4, 0.5) is 8.78 Å². The van der Waals surface area contributed by atoms with Crippen LogP contribution in [0, 0.1) is 11.6 Å². The van der Waals surface area contributed by atoms with Crippen molar-refractivity contribution in [3.63, 3.8) is 0 Å². The molecule has 0 radical (unpaired) electrons. The van der Waals surface area contributed by atoms with Crippen LogP contribution < -0.4 is 5.32 Å². The van der Waals surface area contributed by atoms with Gasteiger partial charge in [-0.2, -0.15) is 0 Å². The summed E-state index contributed by atoms with van der Waals surface area (Å²) in [5.74, 6) is -0.822. The summed E-state index contributed by atoms with van der Waals surface area (Å²) >= 11 is 4.89. The molecule has 0 fully saturated rings. The Morgan fingerprint density at radius 2 is 2.06 bits per heavy atom. The molecule has 1 aromatic heterocycles. The molecule has 0 aliphatic rings. The maximum Gasteiger partial charge on any atom is 0.128 e. The predicted octanol–water partition coefficient (Wildman–Crippen LogP) is 4.49. The fourth-order valence-corrected chi connectivity index (χ4v) is 3.31. The molecule has 1 aromatic carbocycles. The van der Waals surface area contributed by atoms with Crippen LogP contribution in [0.5, 0.6) is 0 Å². The van der Waals surface area contributed by atoms with Crippen LogP contribution in [0.3, 0.4) is 0 Å². The molecule has 5 heteroatoms.